The van der Waals surface area contributed by atoms with Gasteiger partial charge in [0, 0.05) is 6.04 Å². The number of nitrogens with two attached hydrogens (primary N) is 1. The first-order valence-electron chi connectivity index (χ1n) is 4.36. The van der Waals surface area contributed by atoms with E-state index >= 15 is 0 Å². The Morgan fingerprint density at radius 3 is 1.44 bits per heavy atom. The lowest BCUT2D eigenvalue weighted by Gasteiger charge is -2.29. The summed E-state index contributed by atoms with van der Waals surface area (Å²) < 4.78 is 86.8. The van der Waals surface area contributed by atoms with Crippen molar-refractivity contribution in [2.45, 2.75) is 37.9 Å². The molecule has 0 amide bonds. The van der Waals surface area contributed by atoms with Gasteiger partial charge >= 0.3 is 18.0 Å². The quantitative estimate of drug-likeness (QED) is 0.752. The second-order valence-electron chi connectivity index (χ2n) is 4.52. The molecule has 0 aromatic heterocycles. The van der Waals surface area contributed by atoms with E-state index in [1.807, 2.05) is 0 Å². The largest absolute Gasteiger partial charge is 0.459 e. The highest BCUT2D eigenvalue weighted by Crippen LogP contribution is 2.64. The molecule has 0 aromatic rings. The fraction of sp³-hybridized carbons (Fsp3) is 1.00. The van der Waals surface area contributed by atoms with Crippen molar-refractivity contribution in [3.8, 4) is 0 Å². The molecule has 0 aliphatic heterocycles. The molecule has 1 aliphatic carbocycles. The number of hydrogen-bond donors (Lipinski definition) is 1. The van der Waals surface area contributed by atoms with Crippen LogP contribution in [0.5, 0.6) is 0 Å². The summed E-state index contributed by atoms with van der Waals surface area (Å²) in [5, 5.41) is 0. The minimum Gasteiger partial charge on any atom is -0.327 e. The summed E-state index contributed by atoms with van der Waals surface area (Å²) in [6, 6.07) is -1.37. The zero-order valence-corrected chi connectivity index (χ0v) is 8.38. The summed E-state index contributed by atoms with van der Waals surface area (Å²) >= 11 is 0. The number of halogens is 7. The molecular formula is C8H10F7N. The van der Waals surface area contributed by atoms with Crippen molar-refractivity contribution in [1.82, 2.24) is 0 Å². The minimum absolute atomic E-state index is 1.13. The number of alkyl halides is 7. The van der Waals surface area contributed by atoms with Crippen molar-refractivity contribution in [2.24, 2.45) is 17.1 Å². The third-order valence-corrected chi connectivity index (χ3v) is 3.08. The van der Waals surface area contributed by atoms with Crippen LogP contribution < -0.4 is 5.73 Å². The van der Waals surface area contributed by atoms with Gasteiger partial charge in [-0.2, -0.15) is 30.7 Å². The van der Waals surface area contributed by atoms with Gasteiger partial charge in [0.2, 0.25) is 0 Å². The van der Waals surface area contributed by atoms with Crippen LogP contribution in [0.3, 0.4) is 0 Å². The van der Waals surface area contributed by atoms with E-state index in [9.17, 15) is 30.7 Å². The number of rotatable bonds is 2. The van der Waals surface area contributed by atoms with Crippen molar-refractivity contribution < 1.29 is 30.7 Å². The molecule has 0 heterocycles. The van der Waals surface area contributed by atoms with Gasteiger partial charge in [-0.1, -0.05) is 13.8 Å². The Bertz CT molecular complexity index is 293. The second kappa shape index (κ2) is 3.02. The van der Waals surface area contributed by atoms with Gasteiger partial charge in [0.15, 0.2) is 0 Å². The SMILES string of the molecule is CC1(C)[C@H](N)[C@H]1C(F)(F)C(F)(F)C(F)(F)F. The average molecular weight is 253 g/mol. The lowest BCUT2D eigenvalue weighted by molar-refractivity contribution is -0.361. The van der Waals surface area contributed by atoms with Crippen molar-refractivity contribution in [3.05, 3.63) is 0 Å². The van der Waals surface area contributed by atoms with Gasteiger partial charge in [0.25, 0.3) is 0 Å². The van der Waals surface area contributed by atoms with Crippen LogP contribution in [0.25, 0.3) is 0 Å². The fourth-order valence-electron chi connectivity index (χ4n) is 1.75. The van der Waals surface area contributed by atoms with Crippen LogP contribution >= 0.6 is 0 Å². The Morgan fingerprint density at radius 1 is 0.938 bits per heavy atom. The van der Waals surface area contributed by atoms with Crippen LogP contribution in [0, 0.1) is 11.3 Å². The molecule has 8 heteroatoms. The molecule has 0 bridgehead atoms. The van der Waals surface area contributed by atoms with Crippen LogP contribution in [-0.2, 0) is 0 Å². The van der Waals surface area contributed by atoms with Crippen LogP contribution in [0.1, 0.15) is 13.8 Å². The summed E-state index contributed by atoms with van der Waals surface area (Å²) in [6.45, 7) is 2.26. The molecule has 0 aromatic carbocycles. The Morgan fingerprint density at radius 2 is 1.25 bits per heavy atom. The first-order valence-corrected chi connectivity index (χ1v) is 4.36. The van der Waals surface area contributed by atoms with Crippen molar-refractivity contribution in [3.63, 3.8) is 0 Å². The summed E-state index contributed by atoms with van der Waals surface area (Å²) in [4.78, 5) is 0. The van der Waals surface area contributed by atoms with Gasteiger partial charge in [0.05, 0.1) is 5.92 Å². The van der Waals surface area contributed by atoms with Crippen molar-refractivity contribution >= 4 is 0 Å². The van der Waals surface area contributed by atoms with E-state index in [0.717, 1.165) is 13.8 Å². The van der Waals surface area contributed by atoms with Crippen molar-refractivity contribution in [1.29, 1.82) is 0 Å². The highest BCUT2D eigenvalue weighted by molar-refractivity contribution is 5.18. The molecule has 1 aliphatic rings. The van der Waals surface area contributed by atoms with E-state index in [-0.39, 0.29) is 0 Å². The van der Waals surface area contributed by atoms with Gasteiger partial charge in [-0.3, -0.25) is 0 Å². The maximum atomic E-state index is 13.1. The zero-order chi connectivity index (χ0) is 13.2. The smallest absolute Gasteiger partial charge is 0.327 e. The summed E-state index contributed by atoms with van der Waals surface area (Å²) in [5.41, 5.74) is 3.67. The van der Waals surface area contributed by atoms with E-state index in [4.69, 9.17) is 5.73 Å². The molecule has 1 nitrogen and oxygen atoms in total. The molecule has 96 valence electrons. The number of hydrogen-bond acceptors (Lipinski definition) is 1. The third kappa shape index (κ3) is 1.49. The molecule has 0 radical (unpaired) electrons. The molecule has 0 saturated heterocycles. The lowest BCUT2D eigenvalue weighted by atomic mass is 10.00. The van der Waals surface area contributed by atoms with Crippen LogP contribution in [0.15, 0.2) is 0 Å². The maximum Gasteiger partial charge on any atom is 0.459 e. The van der Waals surface area contributed by atoms with E-state index in [2.05, 4.69) is 0 Å². The molecule has 2 atom stereocenters. The van der Waals surface area contributed by atoms with E-state index in [0.29, 0.717) is 0 Å². The fourth-order valence-corrected chi connectivity index (χ4v) is 1.75. The van der Waals surface area contributed by atoms with Gasteiger partial charge in [-0.25, -0.2) is 0 Å². The minimum atomic E-state index is -6.28. The molecule has 1 rings (SSSR count). The summed E-state index contributed by atoms with van der Waals surface area (Å²) in [5.74, 6) is -13.4. The summed E-state index contributed by atoms with van der Waals surface area (Å²) in [6.07, 6.45) is -6.28. The molecular weight excluding hydrogens is 243 g/mol. The third-order valence-electron chi connectivity index (χ3n) is 3.08. The van der Waals surface area contributed by atoms with Crippen LogP contribution in [-0.4, -0.2) is 24.1 Å². The van der Waals surface area contributed by atoms with E-state index in [1.165, 1.54) is 0 Å². The topological polar surface area (TPSA) is 26.0 Å². The molecule has 16 heavy (non-hydrogen) atoms. The van der Waals surface area contributed by atoms with Gasteiger partial charge < -0.3 is 5.73 Å². The molecule has 2 N–H and O–H groups in total. The zero-order valence-electron chi connectivity index (χ0n) is 8.38. The predicted octanol–water partition coefficient (Wildman–Crippen LogP) is 2.80. The van der Waals surface area contributed by atoms with Crippen LogP contribution in [0.2, 0.25) is 0 Å². The average Bonchev–Trinajstić information content (AvgIpc) is 2.48. The first kappa shape index (κ1) is 13.5. The normalized spacial score (nSPS) is 30.4. The highest BCUT2D eigenvalue weighted by atomic mass is 19.4. The molecule has 1 fully saturated rings. The first-order chi connectivity index (χ1) is 6.78. The van der Waals surface area contributed by atoms with Gasteiger partial charge in [-0.15, -0.1) is 0 Å². The summed E-state index contributed by atoms with van der Waals surface area (Å²) in [7, 11) is 0. The molecule has 1 saturated carbocycles. The second-order valence-corrected chi connectivity index (χ2v) is 4.52. The predicted molar refractivity (Wildman–Crippen MR) is 41.2 cm³/mol. The molecule has 0 unspecified atom stereocenters. The van der Waals surface area contributed by atoms with E-state index < -0.39 is 35.4 Å². The molecule has 0 spiro atoms. The monoisotopic (exact) mass is 253 g/mol. The Labute approximate surface area is 86.8 Å². The lowest BCUT2D eigenvalue weighted by Crippen LogP contribution is -2.54. The standard InChI is InChI=1S/C8H10F7N/c1-5(2)3(4(5)16)6(9,10)7(11,12)8(13,14)15/h3-4H,16H2,1-2H3/t3-,4-/m1/s1. The Kier molecular flexibility index (Phi) is 2.56. The van der Waals surface area contributed by atoms with Gasteiger partial charge in [-0.05, 0) is 5.41 Å². The van der Waals surface area contributed by atoms with Gasteiger partial charge in [0.1, 0.15) is 0 Å². The Hall–Kier alpha value is -0.530. The van der Waals surface area contributed by atoms with E-state index in [1.54, 1.807) is 0 Å². The van der Waals surface area contributed by atoms with Crippen LogP contribution in [0.4, 0.5) is 30.7 Å². The highest BCUT2D eigenvalue weighted by Gasteiger charge is 2.82. The Balaban J connectivity index is 3.05. The van der Waals surface area contributed by atoms with Crippen molar-refractivity contribution in [2.75, 3.05) is 0 Å². The maximum absolute atomic E-state index is 13.1.